The van der Waals surface area contributed by atoms with E-state index in [1.54, 1.807) is 14.2 Å². The third-order valence-corrected chi connectivity index (χ3v) is 4.73. The lowest BCUT2D eigenvalue weighted by molar-refractivity contribution is 0.218. The molecule has 2 heterocycles. The van der Waals surface area contributed by atoms with Gasteiger partial charge in [0.05, 0.1) is 25.5 Å². The summed E-state index contributed by atoms with van der Waals surface area (Å²) in [4.78, 5) is 7.20. The van der Waals surface area contributed by atoms with Crippen molar-refractivity contribution in [1.82, 2.24) is 9.88 Å². The molecule has 3 rings (SSSR count). The molecule has 0 N–H and O–H groups in total. The molecular formula is C19H26N2O3. The van der Waals surface area contributed by atoms with Crippen LogP contribution in [0.25, 0.3) is 11.5 Å². The lowest BCUT2D eigenvalue weighted by Crippen LogP contribution is -2.29. The van der Waals surface area contributed by atoms with Gasteiger partial charge in [-0.15, -0.1) is 0 Å². The van der Waals surface area contributed by atoms with E-state index in [0.29, 0.717) is 5.89 Å². The standard InChI is InChI=1S/C19H26N2O3/c1-13-17(22-3)9-8-15(18(13)23-4)19-20-16(14(2)24-19)12-21-10-6-5-7-11-21/h8-9H,5-7,10-12H2,1-4H3. The van der Waals surface area contributed by atoms with Gasteiger partial charge in [-0.25, -0.2) is 4.98 Å². The van der Waals surface area contributed by atoms with Crippen LogP contribution in [0.2, 0.25) is 0 Å². The van der Waals surface area contributed by atoms with Gasteiger partial charge in [-0.3, -0.25) is 4.90 Å². The molecule has 1 aliphatic rings. The lowest BCUT2D eigenvalue weighted by Gasteiger charge is -2.25. The number of hydrogen-bond donors (Lipinski definition) is 0. The summed E-state index contributed by atoms with van der Waals surface area (Å²) in [7, 11) is 3.32. The second kappa shape index (κ2) is 7.26. The summed E-state index contributed by atoms with van der Waals surface area (Å²) >= 11 is 0. The van der Waals surface area contributed by atoms with Crippen molar-refractivity contribution < 1.29 is 13.9 Å². The number of benzene rings is 1. The number of ether oxygens (including phenoxy) is 2. The van der Waals surface area contributed by atoms with E-state index < -0.39 is 0 Å². The third-order valence-electron chi connectivity index (χ3n) is 4.73. The first-order chi connectivity index (χ1) is 11.6. The Morgan fingerprint density at radius 3 is 2.50 bits per heavy atom. The van der Waals surface area contributed by atoms with Crippen molar-refractivity contribution in [3.05, 3.63) is 29.2 Å². The maximum atomic E-state index is 5.95. The van der Waals surface area contributed by atoms with Gasteiger partial charge in [-0.2, -0.15) is 0 Å². The van der Waals surface area contributed by atoms with Crippen molar-refractivity contribution in [3.8, 4) is 23.0 Å². The van der Waals surface area contributed by atoms with Crippen LogP contribution >= 0.6 is 0 Å². The summed E-state index contributed by atoms with van der Waals surface area (Å²) in [5, 5.41) is 0. The summed E-state index contributed by atoms with van der Waals surface area (Å²) in [6.07, 6.45) is 3.88. The monoisotopic (exact) mass is 330 g/mol. The van der Waals surface area contributed by atoms with Gasteiger partial charge >= 0.3 is 0 Å². The fourth-order valence-electron chi connectivity index (χ4n) is 3.35. The first-order valence-corrected chi connectivity index (χ1v) is 8.54. The van der Waals surface area contributed by atoms with Crippen LogP contribution in [-0.2, 0) is 6.54 Å². The van der Waals surface area contributed by atoms with Gasteiger partial charge in [0.25, 0.3) is 0 Å². The Labute approximate surface area is 143 Å². The lowest BCUT2D eigenvalue weighted by atomic mass is 10.1. The molecule has 5 heteroatoms. The molecule has 1 fully saturated rings. The highest BCUT2D eigenvalue weighted by Crippen LogP contribution is 2.38. The van der Waals surface area contributed by atoms with Crippen LogP contribution < -0.4 is 9.47 Å². The molecule has 1 aliphatic heterocycles. The highest BCUT2D eigenvalue weighted by atomic mass is 16.5. The van der Waals surface area contributed by atoms with Crippen molar-refractivity contribution in [2.75, 3.05) is 27.3 Å². The molecule has 1 saturated heterocycles. The fourth-order valence-corrected chi connectivity index (χ4v) is 3.35. The molecule has 0 amide bonds. The molecule has 0 spiro atoms. The summed E-state index contributed by atoms with van der Waals surface area (Å²) in [5.74, 6) is 3.04. The van der Waals surface area contributed by atoms with Crippen LogP contribution in [-0.4, -0.2) is 37.2 Å². The average Bonchev–Trinajstić information content (AvgIpc) is 2.96. The van der Waals surface area contributed by atoms with Crippen molar-refractivity contribution >= 4 is 0 Å². The van der Waals surface area contributed by atoms with Gasteiger partial charge in [0.15, 0.2) is 0 Å². The van der Waals surface area contributed by atoms with E-state index in [1.807, 2.05) is 26.0 Å². The van der Waals surface area contributed by atoms with Crippen LogP contribution in [0.15, 0.2) is 16.5 Å². The number of oxazole rings is 1. The minimum Gasteiger partial charge on any atom is -0.496 e. The summed E-state index contributed by atoms with van der Waals surface area (Å²) < 4.78 is 16.9. The average molecular weight is 330 g/mol. The number of aromatic nitrogens is 1. The highest BCUT2D eigenvalue weighted by Gasteiger charge is 2.20. The number of methoxy groups -OCH3 is 2. The molecule has 0 atom stereocenters. The molecule has 0 saturated carbocycles. The van der Waals surface area contributed by atoms with E-state index in [-0.39, 0.29) is 0 Å². The van der Waals surface area contributed by atoms with Gasteiger partial charge in [0.1, 0.15) is 17.3 Å². The van der Waals surface area contributed by atoms with Gasteiger partial charge in [-0.1, -0.05) is 6.42 Å². The maximum absolute atomic E-state index is 5.95. The predicted octanol–water partition coefficient (Wildman–Crippen LogP) is 3.96. The minimum absolute atomic E-state index is 0.613. The smallest absolute Gasteiger partial charge is 0.230 e. The maximum Gasteiger partial charge on any atom is 0.230 e. The quantitative estimate of drug-likeness (QED) is 0.830. The predicted molar refractivity (Wildman–Crippen MR) is 93.6 cm³/mol. The van der Waals surface area contributed by atoms with Crippen LogP contribution in [0.5, 0.6) is 11.5 Å². The zero-order valence-corrected chi connectivity index (χ0v) is 15.0. The molecule has 0 aliphatic carbocycles. The first kappa shape index (κ1) is 16.8. The summed E-state index contributed by atoms with van der Waals surface area (Å²) in [6.45, 7) is 7.11. The van der Waals surface area contributed by atoms with E-state index in [1.165, 1.54) is 19.3 Å². The number of nitrogens with zero attached hydrogens (tertiary/aromatic N) is 2. The number of hydrogen-bond acceptors (Lipinski definition) is 5. The Bertz CT molecular complexity index is 703. The zero-order valence-electron chi connectivity index (χ0n) is 15.0. The third kappa shape index (κ3) is 3.26. The Morgan fingerprint density at radius 1 is 1.08 bits per heavy atom. The number of likely N-dealkylation sites (tertiary alicyclic amines) is 1. The zero-order chi connectivity index (χ0) is 17.1. The molecule has 130 valence electrons. The summed E-state index contributed by atoms with van der Waals surface area (Å²) in [5.41, 5.74) is 2.83. The van der Waals surface area contributed by atoms with Crippen LogP contribution in [0.3, 0.4) is 0 Å². The molecule has 0 bridgehead atoms. The Hall–Kier alpha value is -2.01. The Balaban J connectivity index is 1.90. The van der Waals surface area contributed by atoms with Crippen molar-refractivity contribution in [2.24, 2.45) is 0 Å². The molecular weight excluding hydrogens is 304 g/mol. The normalized spacial score (nSPS) is 15.5. The van der Waals surface area contributed by atoms with E-state index in [2.05, 4.69) is 4.90 Å². The van der Waals surface area contributed by atoms with Crippen molar-refractivity contribution in [3.63, 3.8) is 0 Å². The first-order valence-electron chi connectivity index (χ1n) is 8.54. The van der Waals surface area contributed by atoms with E-state index in [9.17, 15) is 0 Å². The Kier molecular flexibility index (Phi) is 5.09. The van der Waals surface area contributed by atoms with Crippen LogP contribution in [0, 0.1) is 13.8 Å². The molecule has 1 aromatic heterocycles. The number of piperidine rings is 1. The fraction of sp³-hybridized carbons (Fsp3) is 0.526. The second-order valence-corrected chi connectivity index (χ2v) is 6.33. The molecule has 0 radical (unpaired) electrons. The molecule has 5 nitrogen and oxygen atoms in total. The molecule has 1 aromatic carbocycles. The Morgan fingerprint density at radius 2 is 1.83 bits per heavy atom. The molecule has 0 unspecified atom stereocenters. The van der Waals surface area contributed by atoms with Gasteiger partial charge in [-0.05, 0) is 51.9 Å². The SMILES string of the molecule is COc1ccc(-c2nc(CN3CCCCC3)c(C)o2)c(OC)c1C. The van der Waals surface area contributed by atoms with E-state index >= 15 is 0 Å². The van der Waals surface area contributed by atoms with Gasteiger partial charge in [0, 0.05) is 12.1 Å². The van der Waals surface area contributed by atoms with Crippen LogP contribution in [0.4, 0.5) is 0 Å². The number of aryl methyl sites for hydroxylation is 1. The van der Waals surface area contributed by atoms with Gasteiger partial charge in [0.2, 0.25) is 5.89 Å². The minimum atomic E-state index is 0.613. The van der Waals surface area contributed by atoms with Crippen molar-refractivity contribution in [2.45, 2.75) is 39.7 Å². The van der Waals surface area contributed by atoms with Crippen molar-refractivity contribution in [1.29, 1.82) is 0 Å². The number of rotatable bonds is 5. The van der Waals surface area contributed by atoms with E-state index in [4.69, 9.17) is 18.9 Å². The molecule has 2 aromatic rings. The van der Waals surface area contributed by atoms with Crippen LogP contribution in [0.1, 0.15) is 36.3 Å². The molecule has 24 heavy (non-hydrogen) atoms. The van der Waals surface area contributed by atoms with Gasteiger partial charge < -0.3 is 13.9 Å². The summed E-state index contributed by atoms with van der Waals surface area (Å²) in [6, 6.07) is 3.87. The topological polar surface area (TPSA) is 47.7 Å². The largest absolute Gasteiger partial charge is 0.496 e. The highest BCUT2D eigenvalue weighted by molar-refractivity contribution is 5.68. The van der Waals surface area contributed by atoms with E-state index in [0.717, 1.165) is 53.7 Å². The second-order valence-electron chi connectivity index (χ2n) is 6.33.